The second-order valence-corrected chi connectivity index (χ2v) is 9.64. The number of ketones is 2. The first-order chi connectivity index (χ1) is 16.7. The van der Waals surface area contributed by atoms with Gasteiger partial charge in [-0.15, -0.1) is 0 Å². The van der Waals surface area contributed by atoms with Crippen LogP contribution in [0, 0.1) is 5.41 Å². The van der Waals surface area contributed by atoms with Crippen LogP contribution in [0.3, 0.4) is 0 Å². The van der Waals surface area contributed by atoms with E-state index < -0.39 is 16.2 Å². The lowest BCUT2D eigenvalue weighted by Gasteiger charge is -2.36. The fraction of sp³-hybridized carbons (Fsp3) is 0.161. The number of carbonyl (C=O) groups excluding carboxylic acids is 2. The maximum Gasteiger partial charge on any atom is 0.175 e. The summed E-state index contributed by atoms with van der Waals surface area (Å²) in [6, 6.07) is 34.4. The molecule has 4 aromatic carbocycles. The Morgan fingerprint density at radius 2 is 1.12 bits per heavy atom. The predicted molar refractivity (Wildman–Crippen MR) is 129 cm³/mol. The number of Topliss-reactive ketones (excluding diaryl/α,β-unsaturated/α-hetero) is 2. The molecule has 1 N–H and O–H groups in total. The van der Waals surface area contributed by atoms with Crippen LogP contribution in [0.4, 0.5) is 0 Å². The van der Waals surface area contributed by atoms with Crippen molar-refractivity contribution in [2.75, 3.05) is 6.61 Å². The number of hydrogen-bond donors (Lipinski definition) is 1. The number of fused-ring (bicyclic) bond motifs is 7. The zero-order valence-electron chi connectivity index (χ0n) is 18.4. The fourth-order valence-electron chi connectivity index (χ4n) is 7.66. The summed E-state index contributed by atoms with van der Waals surface area (Å²) in [6.45, 7) is -0.236. The highest BCUT2D eigenvalue weighted by atomic mass is 16.3. The Morgan fingerprint density at radius 3 is 1.74 bits per heavy atom. The molecular weight excluding hydrogens is 420 g/mol. The second-order valence-electron chi connectivity index (χ2n) is 9.64. The van der Waals surface area contributed by atoms with Crippen molar-refractivity contribution in [3.63, 3.8) is 0 Å². The van der Waals surface area contributed by atoms with Gasteiger partial charge >= 0.3 is 0 Å². The maximum atomic E-state index is 14.6. The molecule has 4 aromatic rings. The Bertz CT molecular complexity index is 1490. The van der Waals surface area contributed by atoms with Crippen LogP contribution in [0.2, 0.25) is 0 Å². The molecule has 0 saturated heterocycles. The molecule has 0 radical (unpaired) electrons. The van der Waals surface area contributed by atoms with Crippen LogP contribution in [-0.2, 0) is 10.8 Å². The van der Waals surface area contributed by atoms with Crippen molar-refractivity contribution in [1.29, 1.82) is 0 Å². The van der Waals surface area contributed by atoms with Crippen LogP contribution in [0.25, 0.3) is 0 Å². The molecule has 0 aliphatic heterocycles. The Morgan fingerprint density at radius 1 is 0.618 bits per heavy atom. The molecule has 0 heterocycles. The Balaban J connectivity index is 1.62. The summed E-state index contributed by atoms with van der Waals surface area (Å²) < 4.78 is 0. The molecule has 4 unspecified atom stereocenters. The summed E-state index contributed by atoms with van der Waals surface area (Å²) in [4.78, 5) is 29.2. The van der Waals surface area contributed by atoms with Gasteiger partial charge in [0.15, 0.2) is 11.6 Å². The lowest BCUT2D eigenvalue weighted by Crippen LogP contribution is -2.45. The largest absolute Gasteiger partial charge is 0.395 e. The highest BCUT2D eigenvalue weighted by Gasteiger charge is 2.96. The average Bonchev–Trinajstić information content (AvgIpc) is 3.40. The van der Waals surface area contributed by atoms with E-state index in [-0.39, 0.29) is 24.1 Å². The van der Waals surface area contributed by atoms with Crippen LogP contribution in [0.5, 0.6) is 0 Å². The van der Waals surface area contributed by atoms with Gasteiger partial charge < -0.3 is 5.11 Å². The van der Waals surface area contributed by atoms with E-state index in [0.29, 0.717) is 11.1 Å². The van der Waals surface area contributed by atoms with Crippen molar-refractivity contribution in [2.45, 2.75) is 16.7 Å². The summed E-state index contributed by atoms with van der Waals surface area (Å²) in [5.41, 5.74) is 1.80. The number of benzene rings is 4. The summed E-state index contributed by atoms with van der Waals surface area (Å²) in [6.07, 6.45) is 0. The molecule has 34 heavy (non-hydrogen) atoms. The minimum absolute atomic E-state index is 0.0420. The SMILES string of the molecule is O=C(c1ccccc1)C12c3ccccc3C3(CO)c4ccccc4C1C32C(=O)c1ccccc1. The van der Waals surface area contributed by atoms with Gasteiger partial charge in [-0.1, -0.05) is 109 Å². The second kappa shape index (κ2) is 6.40. The normalized spacial score (nSPS) is 29.1. The van der Waals surface area contributed by atoms with Gasteiger partial charge in [-0.3, -0.25) is 9.59 Å². The van der Waals surface area contributed by atoms with E-state index in [1.54, 1.807) is 0 Å². The van der Waals surface area contributed by atoms with Crippen molar-refractivity contribution >= 4 is 11.6 Å². The minimum atomic E-state index is -1.10. The van der Waals surface area contributed by atoms with Gasteiger partial charge in [0.1, 0.15) is 0 Å². The van der Waals surface area contributed by atoms with Crippen LogP contribution < -0.4 is 0 Å². The third-order valence-corrected chi connectivity index (χ3v) is 8.65. The van der Waals surface area contributed by atoms with Gasteiger partial charge in [-0.05, 0) is 22.3 Å². The monoisotopic (exact) mass is 442 g/mol. The lowest BCUT2D eigenvalue weighted by atomic mass is 9.65. The Labute approximate surface area is 197 Å². The number of rotatable bonds is 5. The standard InChI is InChI=1S/C31H22O3/c32-19-29-23-16-8-7-15-22(23)26-30(25-18-10-9-17-24(25)29,27(33)20-11-3-1-4-12-20)31(26,29)28(34)21-13-5-2-6-14-21/h1-18,26,32H,19H2. The third kappa shape index (κ3) is 1.81. The highest BCUT2D eigenvalue weighted by Crippen LogP contribution is 2.91. The summed E-state index contributed by atoms with van der Waals surface area (Å²) in [5.74, 6) is -0.429. The van der Waals surface area contributed by atoms with Crippen molar-refractivity contribution in [3.05, 3.63) is 143 Å². The fourth-order valence-corrected chi connectivity index (χ4v) is 7.66. The van der Waals surface area contributed by atoms with E-state index in [0.717, 1.165) is 22.3 Å². The maximum absolute atomic E-state index is 14.6. The predicted octanol–water partition coefficient (Wildman–Crippen LogP) is 5.08. The molecule has 0 aromatic heterocycles. The van der Waals surface area contributed by atoms with Crippen LogP contribution in [-0.4, -0.2) is 23.3 Å². The van der Waals surface area contributed by atoms with Gasteiger partial charge in [0.2, 0.25) is 0 Å². The lowest BCUT2D eigenvalue weighted by molar-refractivity contribution is 0.0713. The van der Waals surface area contributed by atoms with E-state index in [4.69, 9.17) is 0 Å². The van der Waals surface area contributed by atoms with Crippen LogP contribution in [0.15, 0.2) is 109 Å². The smallest absolute Gasteiger partial charge is 0.175 e. The van der Waals surface area contributed by atoms with Gasteiger partial charge in [0.05, 0.1) is 22.9 Å². The van der Waals surface area contributed by atoms with Gasteiger partial charge in [-0.2, -0.15) is 0 Å². The molecule has 1 saturated carbocycles. The topological polar surface area (TPSA) is 54.4 Å². The van der Waals surface area contributed by atoms with E-state index in [2.05, 4.69) is 0 Å². The molecule has 0 bridgehead atoms. The number of aliphatic hydroxyl groups is 1. The van der Waals surface area contributed by atoms with Gasteiger partial charge in [0, 0.05) is 17.0 Å². The molecule has 0 amide bonds. The molecule has 4 atom stereocenters. The van der Waals surface area contributed by atoms with E-state index in [1.807, 2.05) is 109 Å². The quantitative estimate of drug-likeness (QED) is 0.439. The molecular formula is C31H22O3. The number of hydrogen-bond acceptors (Lipinski definition) is 3. The van der Waals surface area contributed by atoms with E-state index >= 15 is 0 Å². The molecule has 0 spiro atoms. The molecule has 164 valence electrons. The minimum Gasteiger partial charge on any atom is -0.395 e. The molecule has 7 rings (SSSR count). The molecule has 3 aliphatic carbocycles. The highest BCUT2D eigenvalue weighted by molar-refractivity contribution is 6.22. The third-order valence-electron chi connectivity index (χ3n) is 8.65. The van der Waals surface area contributed by atoms with Crippen molar-refractivity contribution in [3.8, 4) is 0 Å². The summed E-state index contributed by atoms with van der Waals surface area (Å²) in [5, 5.41) is 11.2. The Kier molecular flexibility index (Phi) is 3.69. The van der Waals surface area contributed by atoms with Crippen LogP contribution >= 0.6 is 0 Å². The van der Waals surface area contributed by atoms with Gasteiger partial charge in [0.25, 0.3) is 0 Å². The summed E-state index contributed by atoms with van der Waals surface area (Å²) in [7, 11) is 0. The molecule has 3 heteroatoms. The van der Waals surface area contributed by atoms with Crippen molar-refractivity contribution in [2.24, 2.45) is 5.41 Å². The van der Waals surface area contributed by atoms with Crippen molar-refractivity contribution < 1.29 is 14.7 Å². The molecule has 3 aliphatic rings. The molecule has 3 nitrogen and oxygen atoms in total. The van der Waals surface area contributed by atoms with E-state index in [1.165, 1.54) is 0 Å². The van der Waals surface area contributed by atoms with Gasteiger partial charge in [-0.25, -0.2) is 0 Å². The number of aliphatic hydroxyl groups excluding tert-OH is 1. The zero-order valence-corrected chi connectivity index (χ0v) is 18.4. The van der Waals surface area contributed by atoms with Crippen molar-refractivity contribution in [1.82, 2.24) is 0 Å². The summed E-state index contributed by atoms with van der Waals surface area (Å²) >= 11 is 0. The zero-order chi connectivity index (χ0) is 23.1. The van der Waals surface area contributed by atoms with E-state index in [9.17, 15) is 14.7 Å². The van der Waals surface area contributed by atoms with Crippen LogP contribution in [0.1, 0.15) is 48.9 Å². The first kappa shape index (κ1) is 19.6. The number of carbonyl (C=O) groups is 2. The first-order valence-electron chi connectivity index (χ1n) is 11.7. The Hall–Kier alpha value is -3.82. The first-order valence-corrected chi connectivity index (χ1v) is 11.7. The molecule has 1 fully saturated rings. The average molecular weight is 443 g/mol.